The maximum atomic E-state index is 6.00. The van der Waals surface area contributed by atoms with Crippen LogP contribution in [0.3, 0.4) is 0 Å². The van der Waals surface area contributed by atoms with Gasteiger partial charge in [0.15, 0.2) is 15.1 Å². The van der Waals surface area contributed by atoms with Gasteiger partial charge in [-0.1, -0.05) is 192 Å². The Morgan fingerprint density at radius 2 is 0.625 bits per heavy atom. The molecular weight excluding hydrogens is 973 g/mol. The second-order valence-corrected chi connectivity index (χ2v) is 60.0. The Kier molecular flexibility index (Phi) is 18.3. The quantitative estimate of drug-likeness (QED) is 0.0716. The van der Waals surface area contributed by atoms with Gasteiger partial charge >= 0.3 is 0 Å². The number of hydrogen-bond donors (Lipinski definition) is 0. The molecule has 0 fully saturated rings. The lowest BCUT2D eigenvalue weighted by Crippen LogP contribution is -2.83. The van der Waals surface area contributed by atoms with E-state index in [9.17, 15) is 0 Å². The van der Waals surface area contributed by atoms with Crippen LogP contribution in [0.4, 0.5) is 11.4 Å². The van der Waals surface area contributed by atoms with Crippen LogP contribution in [0.15, 0.2) is 107 Å². The molecule has 0 aromatic heterocycles. The van der Waals surface area contributed by atoms with E-state index < -0.39 is 46.7 Å². The number of benzene rings is 4. The van der Waals surface area contributed by atoms with Crippen LogP contribution in [0.5, 0.6) is 0 Å². The first-order valence-electron chi connectivity index (χ1n) is 27.2. The molecule has 0 bridgehead atoms. The first kappa shape index (κ1) is 59.6. The van der Waals surface area contributed by atoms with Crippen LogP contribution in [0.1, 0.15) is 196 Å². The molecule has 4 aromatic carbocycles. The Morgan fingerprint density at radius 1 is 0.375 bits per heavy atom. The number of hydrogen-bond acceptors (Lipinski definition) is 4. The van der Waals surface area contributed by atoms with Crippen molar-refractivity contribution in [2.75, 3.05) is 8.46 Å². The smallest absolute Gasteiger partial charge is 0.158 e. The van der Waals surface area contributed by atoms with Gasteiger partial charge in [0, 0.05) is 33.6 Å². The van der Waals surface area contributed by atoms with E-state index in [2.05, 4.69) is 292 Å². The minimum atomic E-state index is -2.27. The lowest BCUT2D eigenvalue weighted by atomic mass is 9.93. The number of amidine groups is 2. The molecule has 0 amide bonds. The fraction of sp³-hybridized carbons (Fsp3) is 0.567. The summed E-state index contributed by atoms with van der Waals surface area (Å²) in [6, 6.07) is 37.4. The third-order valence-electron chi connectivity index (χ3n) is 13.0. The van der Waals surface area contributed by atoms with Crippen LogP contribution in [-0.4, -0.2) is 89.7 Å². The minimum absolute atomic E-state index is 0.255. The molecule has 1 aliphatic heterocycles. The molecule has 0 saturated carbocycles. The van der Waals surface area contributed by atoms with E-state index in [1.54, 1.807) is 11.4 Å². The summed E-state index contributed by atoms with van der Waals surface area (Å²) in [7, 11) is -10.9. The summed E-state index contributed by atoms with van der Waals surface area (Å²) in [5.41, 5.74) is 10.4. The van der Waals surface area contributed by atoms with Crippen molar-refractivity contribution < 1.29 is 0 Å². The average molecular weight is 1070 g/mol. The lowest BCUT2D eigenvalue weighted by Gasteiger charge is -2.58. The third-order valence-corrected chi connectivity index (χ3v) is 66.8. The zero-order valence-electron chi connectivity index (χ0n) is 50.2. The van der Waals surface area contributed by atoms with Gasteiger partial charge in [0.05, 0.1) is 11.1 Å². The van der Waals surface area contributed by atoms with E-state index >= 15 is 0 Å². The molecule has 4 aromatic rings. The van der Waals surface area contributed by atoms with E-state index in [0.29, 0.717) is 23.7 Å². The van der Waals surface area contributed by atoms with Gasteiger partial charge in [-0.3, -0.25) is 9.98 Å². The molecule has 12 heteroatoms. The number of anilines is 2. The summed E-state index contributed by atoms with van der Waals surface area (Å²) >= 11 is 0. The summed E-state index contributed by atoms with van der Waals surface area (Å²) in [6.45, 7) is 64.6. The van der Waals surface area contributed by atoms with Gasteiger partial charge in [-0.2, -0.15) is 0 Å². The predicted octanol–water partition coefficient (Wildman–Crippen LogP) is 16.1. The summed E-state index contributed by atoms with van der Waals surface area (Å²) in [6.07, 6.45) is 0. The molecule has 0 N–H and O–H groups in total. The second kappa shape index (κ2) is 22.1. The van der Waals surface area contributed by atoms with E-state index in [0.717, 1.165) is 0 Å². The van der Waals surface area contributed by atoms with Gasteiger partial charge in [-0.05, 0) is 129 Å². The molecular formula is C60H98N6Si6. The van der Waals surface area contributed by atoms with Crippen molar-refractivity contribution in [1.29, 1.82) is 0 Å². The molecule has 1 heterocycles. The third kappa shape index (κ3) is 13.4. The van der Waals surface area contributed by atoms with Crippen LogP contribution < -0.4 is 8.46 Å². The molecule has 392 valence electrons. The molecule has 0 spiro atoms. The van der Waals surface area contributed by atoms with Crippen LogP contribution in [0, 0.1) is 0 Å². The highest BCUT2D eigenvalue weighted by atomic mass is 29.9. The fourth-order valence-corrected chi connectivity index (χ4v) is 87.3. The van der Waals surface area contributed by atoms with Crippen molar-refractivity contribution >= 4 is 69.8 Å². The molecule has 72 heavy (non-hydrogen) atoms. The van der Waals surface area contributed by atoms with Gasteiger partial charge in [-0.15, -0.1) is 0 Å². The van der Waals surface area contributed by atoms with Crippen molar-refractivity contribution in [1.82, 2.24) is 9.13 Å². The SMILES string of the molecule is CC(C)c1cccc(C(C)C)c1N([Si]1=[Si](N(C(=NC(C)(C)C)c2ccccc2)C(C)(C)C)[Si](N(c2c(C(C)C)cccc2C(C)C)[Si](C)(C)C)=[Si]1N(C(=NC(C)(C)C)c1ccccc1)C(C)(C)C)[Si](C)(C)C. The van der Waals surface area contributed by atoms with Crippen molar-refractivity contribution in [2.24, 2.45) is 9.98 Å². The topological polar surface area (TPSA) is 37.7 Å². The van der Waals surface area contributed by atoms with Gasteiger partial charge in [-0.25, -0.2) is 0 Å². The number of aliphatic imine (C=N–C) groups is 2. The maximum absolute atomic E-state index is 6.00. The average Bonchev–Trinajstić information content (AvgIpc) is 3.22. The Labute approximate surface area is 448 Å². The van der Waals surface area contributed by atoms with Gasteiger partial charge in [0.1, 0.15) is 43.3 Å². The number of nitrogens with zero attached hydrogens (tertiary/aromatic N) is 6. The normalized spacial score (nSPS) is 14.8. The highest BCUT2D eigenvalue weighted by Gasteiger charge is 2.55. The first-order chi connectivity index (χ1) is 32.9. The molecule has 0 unspecified atom stereocenters. The highest BCUT2D eigenvalue weighted by molar-refractivity contribution is 7.69. The van der Waals surface area contributed by atoms with Crippen molar-refractivity contribution in [3.63, 3.8) is 0 Å². The Balaban J connectivity index is 2.33. The predicted molar refractivity (Wildman–Crippen MR) is 333 cm³/mol. The molecule has 0 atom stereocenters. The molecule has 0 aliphatic carbocycles. The first-order valence-corrected chi connectivity index (χ1v) is 43.8. The Morgan fingerprint density at radius 3 is 0.819 bits per heavy atom. The van der Waals surface area contributed by atoms with E-state index in [1.807, 2.05) is 0 Å². The van der Waals surface area contributed by atoms with E-state index in [1.165, 1.54) is 45.1 Å². The number of rotatable bonds is 14. The summed E-state index contributed by atoms with van der Waals surface area (Å²) in [5.74, 6) is 3.81. The Hall–Kier alpha value is -3.28. The van der Waals surface area contributed by atoms with Gasteiger partial charge < -0.3 is 17.6 Å². The zero-order chi connectivity index (χ0) is 54.4. The maximum Gasteiger partial charge on any atom is 0.158 e. The Bertz CT molecular complexity index is 2410. The highest BCUT2D eigenvalue weighted by Crippen LogP contribution is 2.43. The van der Waals surface area contributed by atoms with Crippen LogP contribution in [0.25, 0.3) is 0 Å². The number of para-hydroxylation sites is 2. The van der Waals surface area contributed by atoms with Crippen molar-refractivity contribution in [2.45, 2.75) is 224 Å². The lowest BCUT2D eigenvalue weighted by molar-refractivity contribution is 0.354. The minimum Gasteiger partial charge on any atom is -0.406 e. The monoisotopic (exact) mass is 1070 g/mol. The van der Waals surface area contributed by atoms with Crippen molar-refractivity contribution in [3.8, 4) is 0 Å². The zero-order valence-corrected chi connectivity index (χ0v) is 56.2. The van der Waals surface area contributed by atoms with Crippen molar-refractivity contribution in [3.05, 3.63) is 130 Å². The molecule has 5 rings (SSSR count). The van der Waals surface area contributed by atoms with E-state index in [4.69, 9.17) is 9.98 Å². The van der Waals surface area contributed by atoms with Crippen LogP contribution in [0.2, 0.25) is 39.3 Å². The molecule has 0 saturated heterocycles. The summed E-state index contributed by atoms with van der Waals surface area (Å²) < 4.78 is 12.7. The van der Waals surface area contributed by atoms with Gasteiger partial charge in [0.2, 0.25) is 0 Å². The fourth-order valence-electron chi connectivity index (χ4n) is 10.2. The standard InChI is InChI=1S/C60H98N6Si6/c1-43(2)49-39-33-40-50(44(3)4)53(49)65(71(21,22)23)69-67(63(59(15,16)17)55(61-57(9,10)11)47-35-29-27-30-36-47)70(66(72(24,25)26)54-51(45(5)6)41-34-42-52(54)46(7)8)68(69)64(60(18,19)20)56(62-58(12,13)14)48-37-31-28-32-38-48/h27-46H,1-26H3. The summed E-state index contributed by atoms with van der Waals surface area (Å²) in [5, 5.41) is 0. The summed E-state index contributed by atoms with van der Waals surface area (Å²) in [4.78, 5) is 12.0. The second-order valence-electron chi connectivity index (χ2n) is 27.6. The van der Waals surface area contributed by atoms with Crippen LogP contribution in [-0.2, 0) is 0 Å². The molecule has 0 radical (unpaired) electrons. The van der Waals surface area contributed by atoms with Crippen LogP contribution >= 0.6 is 0 Å². The molecule has 1 aliphatic rings. The largest absolute Gasteiger partial charge is 0.406 e. The van der Waals surface area contributed by atoms with E-state index in [-0.39, 0.29) is 22.2 Å². The molecule has 6 nitrogen and oxygen atoms in total. The van der Waals surface area contributed by atoms with Gasteiger partial charge in [0.25, 0.3) is 0 Å².